The fourth-order valence-electron chi connectivity index (χ4n) is 1.91. The fraction of sp³-hybridized carbons (Fsp3) is 0.923. The van der Waals surface area contributed by atoms with Crippen LogP contribution in [0.15, 0.2) is 0 Å². The van der Waals surface area contributed by atoms with E-state index in [-0.39, 0.29) is 24.1 Å². The van der Waals surface area contributed by atoms with Crippen LogP contribution in [0.25, 0.3) is 0 Å². The highest BCUT2D eigenvalue weighted by atomic mass is 16.3. The molecule has 0 rings (SSSR count). The topological polar surface area (TPSA) is 61.4 Å². The second kappa shape index (κ2) is 8.34. The zero-order chi connectivity index (χ0) is 13.3. The van der Waals surface area contributed by atoms with Crippen LogP contribution in [0.3, 0.4) is 0 Å². The minimum Gasteiger partial charge on any atom is -0.394 e. The highest BCUT2D eigenvalue weighted by molar-refractivity contribution is 5.74. The molecule has 1 atom stereocenters. The van der Waals surface area contributed by atoms with Crippen molar-refractivity contribution >= 4 is 6.03 Å². The lowest BCUT2D eigenvalue weighted by Gasteiger charge is -2.30. The van der Waals surface area contributed by atoms with Crippen molar-refractivity contribution in [1.29, 1.82) is 0 Å². The van der Waals surface area contributed by atoms with Gasteiger partial charge in [0.2, 0.25) is 0 Å². The van der Waals surface area contributed by atoms with E-state index >= 15 is 0 Å². The van der Waals surface area contributed by atoms with E-state index in [1.54, 1.807) is 0 Å². The van der Waals surface area contributed by atoms with Crippen LogP contribution in [-0.2, 0) is 0 Å². The summed E-state index contributed by atoms with van der Waals surface area (Å²) in [5, 5.41) is 14.7. The molecule has 0 fully saturated rings. The van der Waals surface area contributed by atoms with Crippen LogP contribution in [-0.4, -0.2) is 30.3 Å². The number of aliphatic hydroxyl groups excluding tert-OH is 1. The van der Waals surface area contributed by atoms with Crippen LogP contribution in [0.5, 0.6) is 0 Å². The zero-order valence-electron chi connectivity index (χ0n) is 11.7. The monoisotopic (exact) mass is 244 g/mol. The summed E-state index contributed by atoms with van der Waals surface area (Å²) in [7, 11) is 0. The van der Waals surface area contributed by atoms with Gasteiger partial charge in [-0.3, -0.25) is 0 Å². The molecule has 102 valence electrons. The molecule has 0 aliphatic rings. The summed E-state index contributed by atoms with van der Waals surface area (Å²) in [5.41, 5.74) is 0.207. The Hall–Kier alpha value is -0.770. The second-order valence-corrected chi connectivity index (χ2v) is 4.68. The van der Waals surface area contributed by atoms with Crippen molar-refractivity contribution < 1.29 is 9.90 Å². The Morgan fingerprint density at radius 1 is 1.18 bits per heavy atom. The predicted octanol–water partition coefficient (Wildman–Crippen LogP) is 2.27. The van der Waals surface area contributed by atoms with E-state index in [0.29, 0.717) is 6.54 Å². The van der Waals surface area contributed by atoms with Crippen LogP contribution in [0, 0.1) is 5.41 Å². The van der Waals surface area contributed by atoms with Crippen molar-refractivity contribution in [1.82, 2.24) is 10.6 Å². The number of amides is 2. The maximum Gasteiger partial charge on any atom is 0.315 e. The third-order valence-electron chi connectivity index (χ3n) is 3.92. The fourth-order valence-corrected chi connectivity index (χ4v) is 1.91. The van der Waals surface area contributed by atoms with Crippen LogP contribution < -0.4 is 10.6 Å². The number of hydrogen-bond acceptors (Lipinski definition) is 2. The van der Waals surface area contributed by atoms with Gasteiger partial charge in [-0.2, -0.15) is 0 Å². The third-order valence-corrected chi connectivity index (χ3v) is 3.92. The maximum absolute atomic E-state index is 11.6. The lowest BCUT2D eigenvalue weighted by Crippen LogP contribution is -2.46. The average Bonchev–Trinajstić information content (AvgIpc) is 2.38. The van der Waals surface area contributed by atoms with Gasteiger partial charge in [-0.15, -0.1) is 0 Å². The van der Waals surface area contributed by atoms with Crippen LogP contribution in [0.1, 0.15) is 53.4 Å². The van der Waals surface area contributed by atoms with Crippen molar-refractivity contribution in [2.75, 3.05) is 13.2 Å². The lowest BCUT2D eigenvalue weighted by molar-refractivity contribution is 0.200. The molecule has 4 nitrogen and oxygen atoms in total. The highest BCUT2D eigenvalue weighted by Crippen LogP contribution is 2.29. The van der Waals surface area contributed by atoms with E-state index in [1.165, 1.54) is 0 Å². The number of aliphatic hydroxyl groups is 1. The second-order valence-electron chi connectivity index (χ2n) is 4.68. The minimum absolute atomic E-state index is 0.00953. The highest BCUT2D eigenvalue weighted by Gasteiger charge is 2.24. The van der Waals surface area contributed by atoms with E-state index in [4.69, 9.17) is 5.11 Å². The number of rotatable bonds is 8. The summed E-state index contributed by atoms with van der Waals surface area (Å²) in [6.07, 6.45) is 3.94. The third kappa shape index (κ3) is 5.39. The van der Waals surface area contributed by atoms with E-state index < -0.39 is 0 Å². The molecule has 0 aliphatic carbocycles. The van der Waals surface area contributed by atoms with E-state index in [9.17, 15) is 4.79 Å². The first kappa shape index (κ1) is 16.2. The molecule has 0 radical (unpaired) electrons. The summed E-state index contributed by atoms with van der Waals surface area (Å²) in [6.45, 7) is 9.11. The standard InChI is InChI=1S/C13H28N2O2/c1-5-11(9-16)15-12(17)14-10-13(6-2,7-3)8-4/h11,16H,5-10H2,1-4H3,(H2,14,15,17). The molecule has 0 heterocycles. The van der Waals surface area contributed by atoms with Crippen molar-refractivity contribution in [3.8, 4) is 0 Å². The van der Waals surface area contributed by atoms with Gasteiger partial charge in [-0.05, 0) is 31.1 Å². The molecule has 0 aromatic carbocycles. The summed E-state index contributed by atoms with van der Waals surface area (Å²) < 4.78 is 0. The Balaban J connectivity index is 4.13. The van der Waals surface area contributed by atoms with Crippen LogP contribution in [0.2, 0.25) is 0 Å². The zero-order valence-corrected chi connectivity index (χ0v) is 11.7. The molecule has 17 heavy (non-hydrogen) atoms. The van der Waals surface area contributed by atoms with Crippen LogP contribution in [0.4, 0.5) is 4.79 Å². The Labute approximate surface area is 105 Å². The number of nitrogens with one attached hydrogen (secondary N) is 2. The van der Waals surface area contributed by atoms with Gasteiger partial charge < -0.3 is 15.7 Å². The summed E-state index contributed by atoms with van der Waals surface area (Å²) in [4.78, 5) is 11.6. The largest absolute Gasteiger partial charge is 0.394 e. The van der Waals surface area contributed by atoms with Gasteiger partial charge >= 0.3 is 6.03 Å². The Morgan fingerprint density at radius 2 is 1.71 bits per heavy atom. The van der Waals surface area contributed by atoms with Gasteiger partial charge in [0.05, 0.1) is 12.6 Å². The van der Waals surface area contributed by atoms with E-state index in [1.807, 2.05) is 6.92 Å². The van der Waals surface area contributed by atoms with Gasteiger partial charge in [-0.1, -0.05) is 27.7 Å². The summed E-state index contributed by atoms with van der Waals surface area (Å²) in [6, 6.07) is -0.320. The quantitative estimate of drug-likeness (QED) is 0.613. The molecule has 0 aromatic heterocycles. The smallest absolute Gasteiger partial charge is 0.315 e. The van der Waals surface area contributed by atoms with Crippen LogP contribution >= 0.6 is 0 Å². The van der Waals surface area contributed by atoms with Crippen molar-refractivity contribution in [2.45, 2.75) is 59.4 Å². The average molecular weight is 244 g/mol. The molecule has 3 N–H and O–H groups in total. The molecule has 1 unspecified atom stereocenters. The molecule has 0 spiro atoms. The molecule has 2 amide bonds. The first-order chi connectivity index (χ1) is 8.07. The normalized spacial score (nSPS) is 13.2. The Morgan fingerprint density at radius 3 is 2.06 bits per heavy atom. The summed E-state index contributed by atoms with van der Waals surface area (Å²) >= 11 is 0. The molecule has 0 saturated carbocycles. The minimum atomic E-state index is -0.175. The van der Waals surface area contributed by atoms with Gasteiger partial charge in [0.25, 0.3) is 0 Å². The van der Waals surface area contributed by atoms with Crippen molar-refractivity contribution in [3.63, 3.8) is 0 Å². The predicted molar refractivity (Wildman–Crippen MR) is 71.0 cm³/mol. The van der Waals surface area contributed by atoms with Crippen molar-refractivity contribution in [2.24, 2.45) is 5.41 Å². The number of hydrogen-bond donors (Lipinski definition) is 3. The first-order valence-electron chi connectivity index (χ1n) is 6.72. The summed E-state index contributed by atoms with van der Waals surface area (Å²) in [5.74, 6) is 0. The van der Waals surface area contributed by atoms with Gasteiger partial charge in [0.15, 0.2) is 0 Å². The van der Waals surface area contributed by atoms with Gasteiger partial charge in [-0.25, -0.2) is 4.79 Å². The molecule has 0 saturated heterocycles. The molecule has 0 bridgehead atoms. The Bertz CT molecular complexity index is 203. The molecule has 0 aliphatic heterocycles. The number of carbonyl (C=O) groups is 1. The maximum atomic E-state index is 11.6. The Kier molecular flexibility index (Phi) is 7.96. The lowest BCUT2D eigenvalue weighted by atomic mass is 9.80. The van der Waals surface area contributed by atoms with Gasteiger partial charge in [0.1, 0.15) is 0 Å². The molecule has 0 aromatic rings. The van der Waals surface area contributed by atoms with E-state index in [0.717, 1.165) is 25.7 Å². The molecule has 4 heteroatoms. The van der Waals surface area contributed by atoms with E-state index in [2.05, 4.69) is 31.4 Å². The van der Waals surface area contributed by atoms with Gasteiger partial charge in [0, 0.05) is 6.54 Å². The first-order valence-corrected chi connectivity index (χ1v) is 6.72. The van der Waals surface area contributed by atoms with Crippen molar-refractivity contribution in [3.05, 3.63) is 0 Å². The molecular formula is C13H28N2O2. The number of carbonyl (C=O) groups excluding carboxylic acids is 1. The SMILES string of the molecule is CCC(CO)NC(=O)NCC(CC)(CC)CC. The molecular weight excluding hydrogens is 216 g/mol. The number of urea groups is 1.